The maximum Gasteiger partial charge on any atom is 0.414 e. The average molecular weight is 537 g/mol. The molecule has 2 aliphatic heterocycles. The number of likely N-dealkylation sites (tertiary alicyclic amines) is 1. The first-order valence-electron chi connectivity index (χ1n) is 14.4. The maximum atomic E-state index is 13.5. The molecule has 10 atom stereocenters. The lowest BCUT2D eigenvalue weighted by Gasteiger charge is -2.68. The van der Waals surface area contributed by atoms with Crippen LogP contribution in [-0.4, -0.2) is 77.1 Å². The Balaban J connectivity index is 1.50. The van der Waals surface area contributed by atoms with Crippen molar-refractivity contribution in [3.63, 3.8) is 0 Å². The number of hydrogen-bond donors (Lipinski definition) is 2. The first-order chi connectivity index (χ1) is 17.3. The Morgan fingerprint density at radius 3 is 2.38 bits per heavy atom. The summed E-state index contributed by atoms with van der Waals surface area (Å²) in [4.78, 5) is 28.7. The highest BCUT2D eigenvalue weighted by molar-refractivity contribution is 8.00. The maximum absolute atomic E-state index is 13.5. The fourth-order valence-electron chi connectivity index (χ4n) is 9.33. The van der Waals surface area contributed by atoms with E-state index in [4.69, 9.17) is 9.47 Å². The topological polar surface area (TPSA) is 91.4 Å². The zero-order chi connectivity index (χ0) is 27.0. The molecular formula is C29H48N2O5S. The van der Waals surface area contributed by atoms with E-state index >= 15 is 0 Å². The molecule has 3 saturated carbocycles. The predicted molar refractivity (Wildman–Crippen MR) is 145 cm³/mol. The Hall–Kier alpha value is -0.830. The van der Waals surface area contributed by atoms with Gasteiger partial charge in [0.05, 0.1) is 18.3 Å². The minimum Gasteiger partial charge on any atom is -0.442 e. The molecule has 5 aliphatic rings. The zero-order valence-corrected chi connectivity index (χ0v) is 24.7. The molecule has 0 aromatic heterocycles. The van der Waals surface area contributed by atoms with E-state index < -0.39 is 22.5 Å². The monoisotopic (exact) mass is 536 g/mol. The number of imide groups is 1. The van der Waals surface area contributed by atoms with Gasteiger partial charge in [-0.3, -0.25) is 10.1 Å². The number of piperidine rings is 1. The number of hydrogen-bond acceptors (Lipinski definition) is 7. The summed E-state index contributed by atoms with van der Waals surface area (Å²) in [5.74, 6) is 0.235. The molecule has 2 N–H and O–H groups in total. The molecule has 7 nitrogen and oxygen atoms in total. The van der Waals surface area contributed by atoms with Gasteiger partial charge >= 0.3 is 6.09 Å². The van der Waals surface area contributed by atoms with E-state index in [9.17, 15) is 14.7 Å². The third-order valence-corrected chi connectivity index (χ3v) is 13.4. The number of aliphatic hydroxyl groups is 1. The summed E-state index contributed by atoms with van der Waals surface area (Å²) in [5, 5.41) is 14.5. The van der Waals surface area contributed by atoms with E-state index in [2.05, 4.69) is 58.1 Å². The SMILES string of the molecule is CS[C@]1(C)C[C@](C)(OC(=O)NC(=O)C2CCN(C)CC2)[C@@]2(C)C3C4OC4CCC3(CC[C@H]2C)[C@@H](C)[C@@H]1O. The van der Waals surface area contributed by atoms with Crippen LogP contribution in [0, 0.1) is 34.5 Å². The van der Waals surface area contributed by atoms with Crippen LogP contribution in [0.1, 0.15) is 79.6 Å². The lowest BCUT2D eigenvalue weighted by Crippen LogP contribution is -2.70. The predicted octanol–water partition coefficient (Wildman–Crippen LogP) is 4.46. The number of epoxide rings is 1. The smallest absolute Gasteiger partial charge is 0.414 e. The van der Waals surface area contributed by atoms with E-state index in [0.717, 1.165) is 51.6 Å². The van der Waals surface area contributed by atoms with Gasteiger partial charge in [-0.15, -0.1) is 0 Å². The van der Waals surface area contributed by atoms with E-state index in [1.807, 2.05) is 0 Å². The molecule has 5 fully saturated rings. The van der Waals surface area contributed by atoms with Crippen molar-refractivity contribution in [3.8, 4) is 0 Å². The summed E-state index contributed by atoms with van der Waals surface area (Å²) in [6.45, 7) is 12.8. The number of ether oxygens (including phenoxy) is 2. The van der Waals surface area contributed by atoms with Crippen molar-refractivity contribution in [2.24, 2.45) is 34.5 Å². The van der Waals surface area contributed by atoms with Gasteiger partial charge in [-0.2, -0.15) is 11.8 Å². The summed E-state index contributed by atoms with van der Waals surface area (Å²) >= 11 is 1.67. The zero-order valence-electron chi connectivity index (χ0n) is 23.8. The second-order valence-electron chi connectivity index (χ2n) is 13.7. The molecule has 4 unspecified atom stereocenters. The van der Waals surface area contributed by atoms with Crippen molar-refractivity contribution >= 4 is 23.8 Å². The molecule has 3 aliphatic carbocycles. The van der Waals surface area contributed by atoms with Crippen molar-refractivity contribution < 1.29 is 24.2 Å². The highest BCUT2D eigenvalue weighted by Crippen LogP contribution is 2.72. The van der Waals surface area contributed by atoms with Crippen LogP contribution in [-0.2, 0) is 14.3 Å². The number of rotatable bonds is 3. The minimum atomic E-state index is -0.882. The highest BCUT2D eigenvalue weighted by atomic mass is 32.2. The molecule has 2 bridgehead atoms. The Morgan fingerprint density at radius 1 is 1.08 bits per heavy atom. The van der Waals surface area contributed by atoms with Crippen molar-refractivity contribution in [1.29, 1.82) is 0 Å². The van der Waals surface area contributed by atoms with Gasteiger partial charge in [0.2, 0.25) is 5.91 Å². The minimum absolute atomic E-state index is 0.0548. The number of amides is 2. The van der Waals surface area contributed by atoms with Crippen LogP contribution >= 0.6 is 11.8 Å². The molecule has 2 saturated heterocycles. The number of aliphatic hydroxyl groups excluding tert-OH is 1. The first-order valence-corrected chi connectivity index (χ1v) is 15.6. The molecule has 5 rings (SSSR count). The summed E-state index contributed by atoms with van der Waals surface area (Å²) in [6, 6.07) is 0. The van der Waals surface area contributed by atoms with Crippen LogP contribution in [0.15, 0.2) is 0 Å². The van der Waals surface area contributed by atoms with Crippen molar-refractivity contribution in [3.05, 3.63) is 0 Å². The molecule has 8 heteroatoms. The van der Waals surface area contributed by atoms with E-state index in [0.29, 0.717) is 12.3 Å². The van der Waals surface area contributed by atoms with Gasteiger partial charge in [0.25, 0.3) is 0 Å². The van der Waals surface area contributed by atoms with Gasteiger partial charge in [-0.25, -0.2) is 4.79 Å². The molecule has 0 spiro atoms. The van der Waals surface area contributed by atoms with Crippen LogP contribution in [0.5, 0.6) is 0 Å². The number of carbonyl (C=O) groups is 2. The van der Waals surface area contributed by atoms with E-state index in [1.54, 1.807) is 11.8 Å². The first kappa shape index (κ1) is 27.7. The van der Waals surface area contributed by atoms with Gasteiger partial charge in [-0.05, 0) is 96.0 Å². The summed E-state index contributed by atoms with van der Waals surface area (Å²) in [6.07, 6.45) is 7.52. The number of carbonyl (C=O) groups excluding carboxylic acids is 2. The number of nitrogens with one attached hydrogen (secondary N) is 1. The van der Waals surface area contributed by atoms with E-state index in [-0.39, 0.29) is 46.7 Å². The fraction of sp³-hybridized carbons (Fsp3) is 0.931. The lowest BCUT2D eigenvalue weighted by molar-refractivity contribution is -0.233. The second-order valence-corrected chi connectivity index (χ2v) is 15.1. The van der Waals surface area contributed by atoms with Crippen LogP contribution < -0.4 is 5.32 Å². The van der Waals surface area contributed by atoms with Gasteiger partial charge in [0.1, 0.15) is 5.60 Å². The lowest BCUT2D eigenvalue weighted by atomic mass is 9.39. The third-order valence-electron chi connectivity index (χ3n) is 12.1. The summed E-state index contributed by atoms with van der Waals surface area (Å²) < 4.78 is 12.3. The van der Waals surface area contributed by atoms with Crippen LogP contribution in [0.3, 0.4) is 0 Å². The molecule has 2 amide bonds. The molecule has 2 heterocycles. The van der Waals surface area contributed by atoms with E-state index in [1.165, 1.54) is 0 Å². The number of alkyl carbamates (subject to hydrolysis) is 1. The van der Waals surface area contributed by atoms with Gasteiger partial charge < -0.3 is 19.5 Å². The molecular weight excluding hydrogens is 488 g/mol. The van der Waals surface area contributed by atoms with Gasteiger partial charge in [0, 0.05) is 28.4 Å². The van der Waals surface area contributed by atoms with Crippen molar-refractivity contribution in [2.45, 2.75) is 108 Å². The molecule has 37 heavy (non-hydrogen) atoms. The van der Waals surface area contributed by atoms with Gasteiger partial charge in [-0.1, -0.05) is 20.8 Å². The Kier molecular flexibility index (Phi) is 7.03. The van der Waals surface area contributed by atoms with Crippen molar-refractivity contribution in [2.75, 3.05) is 26.4 Å². The highest BCUT2D eigenvalue weighted by Gasteiger charge is 2.74. The largest absolute Gasteiger partial charge is 0.442 e. The summed E-state index contributed by atoms with van der Waals surface area (Å²) in [5.41, 5.74) is -1.29. The number of fused-ring (bicyclic) bond motifs is 1. The standard InChI is InChI=1S/C29H48N2O5S/c1-17-8-12-29-13-9-20-21(35-20)22(29)28(17,5)27(4,16-26(3,37-7)23(32)18(29)2)36-25(34)30-24(33)19-10-14-31(6)15-11-19/h17-23,32H,8-16H2,1-7H3,(H,30,33,34)/t17-,18+,20?,21?,22?,23+,26-,27+,28-,29?/m1/s1. The Bertz CT molecular complexity index is 926. The summed E-state index contributed by atoms with van der Waals surface area (Å²) in [7, 11) is 2.06. The normalized spacial score (nSPS) is 50.2. The Morgan fingerprint density at radius 2 is 1.73 bits per heavy atom. The fourth-order valence-corrected chi connectivity index (χ4v) is 10.2. The molecule has 0 radical (unpaired) electrons. The number of thioether (sulfide) groups is 1. The molecule has 0 aromatic rings. The van der Waals surface area contributed by atoms with Crippen LogP contribution in [0.2, 0.25) is 0 Å². The quantitative estimate of drug-likeness (QED) is 0.515. The average Bonchev–Trinajstić information content (AvgIpc) is 3.64. The van der Waals surface area contributed by atoms with Crippen LogP contribution in [0.25, 0.3) is 0 Å². The molecule has 210 valence electrons. The van der Waals surface area contributed by atoms with Gasteiger partial charge in [0.15, 0.2) is 0 Å². The van der Waals surface area contributed by atoms with Crippen molar-refractivity contribution in [1.82, 2.24) is 10.2 Å². The number of nitrogens with zero attached hydrogens (tertiary/aromatic N) is 1. The molecule has 0 aromatic carbocycles. The Labute approximate surface area is 227 Å². The van der Waals surface area contributed by atoms with Crippen LogP contribution in [0.4, 0.5) is 4.79 Å². The second kappa shape index (κ2) is 9.38. The third kappa shape index (κ3) is 4.18.